The van der Waals surface area contributed by atoms with E-state index < -0.39 is 6.09 Å². The van der Waals surface area contributed by atoms with Gasteiger partial charge in [0.25, 0.3) is 0 Å². The molecule has 1 aromatic rings. The highest BCUT2D eigenvalue weighted by Gasteiger charge is 2.19. The fourth-order valence-electron chi connectivity index (χ4n) is 1.62. The van der Waals surface area contributed by atoms with Crippen molar-refractivity contribution in [1.29, 1.82) is 0 Å². The molecular formula is C13H21N2O2+. The summed E-state index contributed by atoms with van der Waals surface area (Å²) in [6.45, 7) is 6.40. The van der Waals surface area contributed by atoms with Gasteiger partial charge in [-0.3, -0.25) is 4.48 Å². The molecular weight excluding hydrogens is 216 g/mol. The Balaban J connectivity index is 2.84. The predicted octanol–water partition coefficient (Wildman–Crippen LogP) is 2.38. The van der Waals surface area contributed by atoms with E-state index in [0.29, 0.717) is 5.75 Å². The van der Waals surface area contributed by atoms with Gasteiger partial charge < -0.3 is 10.1 Å². The van der Waals surface area contributed by atoms with E-state index in [0.717, 1.165) is 17.6 Å². The van der Waals surface area contributed by atoms with E-state index in [1.165, 1.54) is 5.69 Å². The summed E-state index contributed by atoms with van der Waals surface area (Å²) in [6, 6.07) is 7.66. The number of nitrogens with one attached hydrogen (secondary N) is 1. The molecule has 0 aromatic heterocycles. The lowest BCUT2D eigenvalue weighted by Crippen LogP contribution is -2.44. The molecule has 0 fully saturated rings. The molecule has 94 valence electrons. The second-order valence-corrected chi connectivity index (χ2v) is 4.16. The Bertz CT molecular complexity index is 370. The van der Waals surface area contributed by atoms with E-state index in [9.17, 15) is 4.79 Å². The molecule has 1 rings (SSSR count). The zero-order valence-electron chi connectivity index (χ0n) is 11.0. The number of amides is 1. The lowest BCUT2D eigenvalue weighted by Gasteiger charge is -2.31. The van der Waals surface area contributed by atoms with E-state index in [1.54, 1.807) is 7.05 Å². The van der Waals surface area contributed by atoms with Crippen molar-refractivity contribution in [3.63, 3.8) is 0 Å². The predicted molar refractivity (Wildman–Crippen MR) is 70.3 cm³/mol. The van der Waals surface area contributed by atoms with Crippen molar-refractivity contribution in [3.8, 4) is 5.75 Å². The molecule has 0 saturated heterocycles. The van der Waals surface area contributed by atoms with Crippen LogP contribution in [0.3, 0.4) is 0 Å². The molecule has 1 N–H and O–H groups in total. The molecule has 0 spiro atoms. The number of benzene rings is 1. The van der Waals surface area contributed by atoms with E-state index in [-0.39, 0.29) is 0 Å². The first-order valence-electron chi connectivity index (χ1n) is 5.90. The van der Waals surface area contributed by atoms with Gasteiger partial charge >= 0.3 is 6.09 Å². The van der Waals surface area contributed by atoms with Crippen molar-refractivity contribution in [2.75, 3.05) is 27.2 Å². The molecule has 0 unspecified atom stereocenters. The van der Waals surface area contributed by atoms with Crippen molar-refractivity contribution in [1.82, 2.24) is 9.80 Å². The summed E-state index contributed by atoms with van der Waals surface area (Å²) < 4.78 is 5.92. The number of nitrogens with zero attached hydrogens (tertiary/aromatic N) is 1. The molecule has 0 heterocycles. The van der Waals surface area contributed by atoms with Crippen LogP contribution >= 0.6 is 0 Å². The van der Waals surface area contributed by atoms with Crippen LogP contribution in [-0.4, -0.2) is 33.3 Å². The van der Waals surface area contributed by atoms with Crippen molar-refractivity contribution in [2.24, 2.45) is 0 Å². The normalized spacial score (nSPS) is 11.1. The number of carbonyl (C=O) groups is 1. The first-order chi connectivity index (χ1) is 8.05. The summed E-state index contributed by atoms with van der Waals surface area (Å²) in [5.41, 5.74) is 1.22. The summed E-state index contributed by atoms with van der Waals surface area (Å²) in [4.78, 5) is 11.0. The Morgan fingerprint density at radius 2 is 1.76 bits per heavy atom. The van der Waals surface area contributed by atoms with Crippen molar-refractivity contribution in [3.05, 3.63) is 24.3 Å². The number of hydrogen-bond acceptors (Lipinski definition) is 2. The van der Waals surface area contributed by atoms with E-state index in [1.807, 2.05) is 24.3 Å². The van der Waals surface area contributed by atoms with Crippen LogP contribution in [0.15, 0.2) is 24.3 Å². The Morgan fingerprint density at radius 1 is 1.24 bits per heavy atom. The monoisotopic (exact) mass is 237 g/mol. The van der Waals surface area contributed by atoms with E-state index >= 15 is 0 Å². The third-order valence-corrected chi connectivity index (χ3v) is 3.27. The SMILES string of the molecule is CC[N+](C)(CC)c1ccc(OC(=O)NC)cc1. The third kappa shape index (κ3) is 3.20. The Labute approximate surface area is 103 Å². The summed E-state index contributed by atoms with van der Waals surface area (Å²) in [5, 5.41) is 2.42. The van der Waals surface area contributed by atoms with Gasteiger partial charge in [0.15, 0.2) is 0 Å². The topological polar surface area (TPSA) is 38.3 Å². The van der Waals surface area contributed by atoms with Crippen LogP contribution < -0.4 is 14.5 Å². The molecule has 0 radical (unpaired) electrons. The summed E-state index contributed by atoms with van der Waals surface area (Å²) in [7, 11) is 3.73. The molecule has 0 saturated carbocycles. The summed E-state index contributed by atoms with van der Waals surface area (Å²) >= 11 is 0. The second-order valence-electron chi connectivity index (χ2n) is 4.16. The van der Waals surface area contributed by atoms with Gasteiger partial charge in [0, 0.05) is 19.2 Å². The fourth-order valence-corrected chi connectivity index (χ4v) is 1.62. The minimum absolute atomic E-state index is 0.444. The molecule has 0 bridgehead atoms. The molecule has 4 heteroatoms. The zero-order chi connectivity index (χ0) is 12.9. The lowest BCUT2D eigenvalue weighted by atomic mass is 10.2. The van der Waals surface area contributed by atoms with Crippen molar-refractivity contribution in [2.45, 2.75) is 13.8 Å². The first-order valence-corrected chi connectivity index (χ1v) is 5.90. The van der Waals surface area contributed by atoms with Crippen LogP contribution in [0.25, 0.3) is 0 Å². The smallest absolute Gasteiger partial charge is 0.410 e. The average Bonchev–Trinajstić information content (AvgIpc) is 2.38. The van der Waals surface area contributed by atoms with Gasteiger partial charge in [0.05, 0.1) is 20.1 Å². The van der Waals surface area contributed by atoms with Crippen LogP contribution in [-0.2, 0) is 0 Å². The number of hydrogen-bond donors (Lipinski definition) is 1. The summed E-state index contributed by atoms with van der Waals surface area (Å²) in [5.74, 6) is 0.562. The average molecular weight is 237 g/mol. The minimum Gasteiger partial charge on any atom is -0.410 e. The van der Waals surface area contributed by atoms with Crippen LogP contribution in [0.2, 0.25) is 0 Å². The maximum Gasteiger partial charge on any atom is 0.412 e. The maximum absolute atomic E-state index is 11.0. The van der Waals surface area contributed by atoms with Crippen LogP contribution in [0, 0.1) is 0 Å². The minimum atomic E-state index is -0.444. The van der Waals surface area contributed by atoms with Gasteiger partial charge in [-0.2, -0.15) is 0 Å². The highest BCUT2D eigenvalue weighted by Crippen LogP contribution is 2.23. The highest BCUT2D eigenvalue weighted by atomic mass is 16.5. The van der Waals surface area contributed by atoms with Crippen molar-refractivity contribution < 1.29 is 9.53 Å². The molecule has 4 nitrogen and oxygen atoms in total. The fraction of sp³-hybridized carbons (Fsp3) is 0.462. The molecule has 0 aliphatic heterocycles. The Hall–Kier alpha value is -1.55. The van der Waals surface area contributed by atoms with E-state index in [2.05, 4.69) is 26.2 Å². The highest BCUT2D eigenvalue weighted by molar-refractivity contribution is 5.70. The largest absolute Gasteiger partial charge is 0.412 e. The lowest BCUT2D eigenvalue weighted by molar-refractivity contribution is 0.203. The number of quaternary nitrogens is 1. The number of rotatable bonds is 4. The van der Waals surface area contributed by atoms with Gasteiger partial charge in [0.1, 0.15) is 11.4 Å². The van der Waals surface area contributed by atoms with Gasteiger partial charge in [-0.25, -0.2) is 4.79 Å². The maximum atomic E-state index is 11.0. The van der Waals surface area contributed by atoms with Gasteiger partial charge in [0.2, 0.25) is 0 Å². The first kappa shape index (κ1) is 13.5. The Morgan fingerprint density at radius 3 is 2.18 bits per heavy atom. The quantitative estimate of drug-likeness (QED) is 0.816. The number of carbonyl (C=O) groups excluding carboxylic acids is 1. The molecule has 1 aromatic carbocycles. The van der Waals surface area contributed by atoms with E-state index in [4.69, 9.17) is 4.74 Å². The van der Waals surface area contributed by atoms with Gasteiger partial charge in [-0.15, -0.1) is 0 Å². The van der Waals surface area contributed by atoms with Crippen molar-refractivity contribution >= 4 is 11.8 Å². The molecule has 0 aliphatic carbocycles. The van der Waals surface area contributed by atoms with Gasteiger partial charge in [-0.1, -0.05) is 0 Å². The van der Waals surface area contributed by atoms with Crippen LogP contribution in [0.4, 0.5) is 10.5 Å². The molecule has 17 heavy (non-hydrogen) atoms. The Kier molecular flexibility index (Phi) is 4.52. The summed E-state index contributed by atoms with van der Waals surface area (Å²) in [6.07, 6.45) is -0.444. The molecule has 1 amide bonds. The van der Waals surface area contributed by atoms with Gasteiger partial charge in [-0.05, 0) is 26.0 Å². The third-order valence-electron chi connectivity index (χ3n) is 3.27. The molecule has 0 aliphatic rings. The molecule has 0 atom stereocenters. The number of ether oxygens (including phenoxy) is 1. The van der Waals surface area contributed by atoms with Crippen LogP contribution in [0.5, 0.6) is 5.75 Å². The standard InChI is InChI=1S/C13H20N2O2/c1-5-15(4,6-2)11-7-9-12(10-8-11)17-13(16)14-3/h7-10H,5-6H2,1-4H3/p+1. The van der Waals surface area contributed by atoms with Crippen LogP contribution in [0.1, 0.15) is 13.8 Å². The second kappa shape index (κ2) is 5.68. The zero-order valence-corrected chi connectivity index (χ0v) is 11.0.